The van der Waals surface area contributed by atoms with Gasteiger partial charge in [0.15, 0.2) is 15.5 Å². The monoisotopic (exact) mass is 481 g/mol. The van der Waals surface area contributed by atoms with Crippen molar-refractivity contribution in [1.82, 2.24) is 19.4 Å². The Bertz CT molecular complexity index is 1380. The summed E-state index contributed by atoms with van der Waals surface area (Å²) in [6.07, 6.45) is 1.56. The minimum absolute atomic E-state index is 0.0617. The van der Waals surface area contributed by atoms with Crippen LogP contribution in [0.2, 0.25) is 0 Å². The van der Waals surface area contributed by atoms with Gasteiger partial charge in [-0.05, 0) is 32.3 Å². The van der Waals surface area contributed by atoms with Crippen LogP contribution >= 0.6 is 0 Å². The number of nitrogens with two attached hydrogens (primary N) is 1. The Hall–Kier alpha value is -3.27. The fourth-order valence-electron chi connectivity index (χ4n) is 5.07. The zero-order chi connectivity index (χ0) is 24.0. The fourth-order valence-corrected chi connectivity index (χ4v) is 6.77. The maximum Gasteiger partial charge on any atom is 0.274 e. The SMILES string of the molecule is Cc1nc2c(C(=O)N3CCC(C(N)=O)CC3)nc(-c3ccccc3)cc2n1C1CCS(=O)(=O)C1. The molecular formula is C24H27N5O4S. The van der Waals surface area contributed by atoms with E-state index in [9.17, 15) is 18.0 Å². The molecule has 2 fully saturated rings. The lowest BCUT2D eigenvalue weighted by molar-refractivity contribution is -0.123. The molecule has 0 saturated carbocycles. The van der Waals surface area contributed by atoms with Crippen molar-refractivity contribution in [3.8, 4) is 11.3 Å². The second-order valence-electron chi connectivity index (χ2n) is 9.14. The molecule has 1 aromatic carbocycles. The number of fused-ring (bicyclic) bond motifs is 1. The summed E-state index contributed by atoms with van der Waals surface area (Å²) in [5.41, 5.74) is 8.37. The summed E-state index contributed by atoms with van der Waals surface area (Å²) < 4.78 is 26.3. The Morgan fingerprint density at radius 3 is 2.38 bits per heavy atom. The zero-order valence-corrected chi connectivity index (χ0v) is 19.8. The van der Waals surface area contributed by atoms with Crippen molar-refractivity contribution >= 4 is 32.7 Å². The normalized spacial score (nSPS) is 20.6. The van der Waals surface area contributed by atoms with E-state index in [-0.39, 0.29) is 41.0 Å². The Morgan fingerprint density at radius 2 is 1.76 bits per heavy atom. The molecule has 34 heavy (non-hydrogen) atoms. The molecule has 2 saturated heterocycles. The number of hydrogen-bond donors (Lipinski definition) is 1. The minimum Gasteiger partial charge on any atom is -0.369 e. The van der Waals surface area contributed by atoms with Crippen LogP contribution in [0.15, 0.2) is 36.4 Å². The Morgan fingerprint density at radius 1 is 1.06 bits per heavy atom. The third kappa shape index (κ3) is 4.06. The molecule has 10 heteroatoms. The first-order chi connectivity index (χ1) is 16.2. The predicted molar refractivity (Wildman–Crippen MR) is 128 cm³/mol. The fraction of sp³-hybridized carbons (Fsp3) is 0.417. The second kappa shape index (κ2) is 8.50. The van der Waals surface area contributed by atoms with Gasteiger partial charge >= 0.3 is 0 Å². The van der Waals surface area contributed by atoms with Gasteiger partial charge < -0.3 is 15.2 Å². The number of carbonyl (C=O) groups excluding carboxylic acids is 2. The van der Waals surface area contributed by atoms with Crippen molar-refractivity contribution in [2.24, 2.45) is 11.7 Å². The smallest absolute Gasteiger partial charge is 0.274 e. The standard InChI is InChI=1S/C24H27N5O4S/c1-15-26-21-20(29(15)18-9-12-34(32,33)14-18)13-19(16-5-3-2-4-6-16)27-22(21)24(31)28-10-7-17(8-11-28)23(25)30/h2-6,13,17-18H,7-12,14H2,1H3,(H2,25,30). The third-order valence-electron chi connectivity index (χ3n) is 6.88. The molecule has 2 N–H and O–H groups in total. The number of hydrogen-bond acceptors (Lipinski definition) is 6. The van der Waals surface area contributed by atoms with Gasteiger partial charge in [0.05, 0.1) is 28.8 Å². The molecule has 178 valence electrons. The van der Waals surface area contributed by atoms with E-state index in [0.717, 1.165) is 5.56 Å². The van der Waals surface area contributed by atoms with Crippen LogP contribution in [-0.4, -0.2) is 64.3 Å². The summed E-state index contributed by atoms with van der Waals surface area (Å²) in [4.78, 5) is 36.3. The number of likely N-dealkylation sites (tertiary alicyclic amines) is 1. The number of piperidine rings is 1. The summed E-state index contributed by atoms with van der Waals surface area (Å²) in [6, 6.07) is 11.2. The van der Waals surface area contributed by atoms with E-state index >= 15 is 0 Å². The minimum atomic E-state index is -3.10. The molecule has 1 unspecified atom stereocenters. The lowest BCUT2D eigenvalue weighted by atomic mass is 9.96. The largest absolute Gasteiger partial charge is 0.369 e. The number of aryl methyl sites for hydroxylation is 1. The molecule has 0 bridgehead atoms. The van der Waals surface area contributed by atoms with E-state index in [1.165, 1.54) is 0 Å². The van der Waals surface area contributed by atoms with Crippen molar-refractivity contribution in [2.75, 3.05) is 24.6 Å². The number of benzene rings is 1. The molecule has 2 aromatic heterocycles. The second-order valence-corrected chi connectivity index (χ2v) is 11.4. The van der Waals surface area contributed by atoms with Gasteiger partial charge in [-0.3, -0.25) is 9.59 Å². The Labute approximate surface area is 197 Å². The molecule has 3 aromatic rings. The van der Waals surface area contributed by atoms with Crippen LogP contribution in [0, 0.1) is 12.8 Å². The van der Waals surface area contributed by atoms with E-state index in [1.807, 2.05) is 47.9 Å². The van der Waals surface area contributed by atoms with Gasteiger partial charge in [-0.1, -0.05) is 30.3 Å². The summed E-state index contributed by atoms with van der Waals surface area (Å²) in [5, 5.41) is 0. The summed E-state index contributed by atoms with van der Waals surface area (Å²) >= 11 is 0. The molecule has 0 radical (unpaired) electrons. The van der Waals surface area contributed by atoms with Gasteiger partial charge in [-0.25, -0.2) is 18.4 Å². The molecule has 1 atom stereocenters. The van der Waals surface area contributed by atoms with Gasteiger partial charge in [-0.2, -0.15) is 0 Å². The number of nitrogens with zero attached hydrogens (tertiary/aromatic N) is 4. The van der Waals surface area contributed by atoms with E-state index < -0.39 is 9.84 Å². The first-order valence-electron chi connectivity index (χ1n) is 11.5. The Kier molecular flexibility index (Phi) is 5.63. The van der Waals surface area contributed by atoms with Crippen LogP contribution in [0.4, 0.5) is 0 Å². The molecule has 0 spiro atoms. The average molecular weight is 482 g/mol. The maximum atomic E-state index is 13.6. The van der Waals surface area contributed by atoms with Crippen LogP contribution in [0.25, 0.3) is 22.3 Å². The number of sulfone groups is 1. The predicted octanol–water partition coefficient (Wildman–Crippen LogP) is 2.10. The highest BCUT2D eigenvalue weighted by Gasteiger charge is 2.33. The first kappa shape index (κ1) is 22.5. The number of imidazole rings is 1. The van der Waals surface area contributed by atoms with E-state index in [4.69, 9.17) is 10.7 Å². The zero-order valence-electron chi connectivity index (χ0n) is 19.0. The lowest BCUT2D eigenvalue weighted by Crippen LogP contribution is -2.42. The maximum absolute atomic E-state index is 13.6. The van der Waals surface area contributed by atoms with Crippen molar-refractivity contribution < 1.29 is 18.0 Å². The first-order valence-corrected chi connectivity index (χ1v) is 13.3. The molecule has 4 heterocycles. The van der Waals surface area contributed by atoms with E-state index in [2.05, 4.69) is 4.98 Å². The topological polar surface area (TPSA) is 128 Å². The highest BCUT2D eigenvalue weighted by atomic mass is 32.2. The number of pyridine rings is 1. The number of aromatic nitrogens is 3. The molecule has 2 aliphatic heterocycles. The summed E-state index contributed by atoms with van der Waals surface area (Å²) in [6.45, 7) is 2.68. The molecule has 2 aliphatic rings. The van der Waals surface area contributed by atoms with Crippen molar-refractivity contribution in [1.29, 1.82) is 0 Å². The average Bonchev–Trinajstić information content (AvgIpc) is 3.36. The molecular weight excluding hydrogens is 454 g/mol. The van der Waals surface area contributed by atoms with Crippen LogP contribution in [-0.2, 0) is 14.6 Å². The number of carbonyl (C=O) groups is 2. The number of primary amides is 1. The van der Waals surface area contributed by atoms with Crippen LogP contribution in [0.1, 0.15) is 41.6 Å². The molecule has 2 amide bonds. The van der Waals surface area contributed by atoms with E-state index in [0.29, 0.717) is 54.9 Å². The van der Waals surface area contributed by atoms with Gasteiger partial charge in [0.25, 0.3) is 5.91 Å². The molecule has 9 nitrogen and oxygen atoms in total. The summed E-state index contributed by atoms with van der Waals surface area (Å²) in [5.74, 6) is 0.0678. The molecule has 5 rings (SSSR count). The summed E-state index contributed by atoms with van der Waals surface area (Å²) in [7, 11) is -3.10. The number of amides is 2. The van der Waals surface area contributed by atoms with Crippen LogP contribution in [0.3, 0.4) is 0 Å². The quantitative estimate of drug-likeness (QED) is 0.608. The third-order valence-corrected chi connectivity index (χ3v) is 8.63. The van der Waals surface area contributed by atoms with Crippen LogP contribution in [0.5, 0.6) is 0 Å². The highest BCUT2D eigenvalue weighted by Crippen LogP contribution is 2.33. The highest BCUT2D eigenvalue weighted by molar-refractivity contribution is 7.91. The van der Waals surface area contributed by atoms with Gasteiger partial charge in [0.1, 0.15) is 11.3 Å². The van der Waals surface area contributed by atoms with Gasteiger partial charge in [-0.15, -0.1) is 0 Å². The van der Waals surface area contributed by atoms with E-state index in [1.54, 1.807) is 4.90 Å². The lowest BCUT2D eigenvalue weighted by Gasteiger charge is -2.30. The van der Waals surface area contributed by atoms with Gasteiger partial charge in [0.2, 0.25) is 5.91 Å². The van der Waals surface area contributed by atoms with Crippen molar-refractivity contribution in [2.45, 2.75) is 32.2 Å². The van der Waals surface area contributed by atoms with Gasteiger partial charge in [0, 0.05) is 24.6 Å². The Balaban J connectivity index is 1.62. The van der Waals surface area contributed by atoms with Crippen LogP contribution < -0.4 is 5.73 Å². The molecule has 0 aliphatic carbocycles. The number of rotatable bonds is 4. The van der Waals surface area contributed by atoms with Crippen molar-refractivity contribution in [3.63, 3.8) is 0 Å². The van der Waals surface area contributed by atoms with Crippen molar-refractivity contribution in [3.05, 3.63) is 47.9 Å².